The Morgan fingerprint density at radius 2 is 1.80 bits per heavy atom. The van der Waals surface area contributed by atoms with Gasteiger partial charge in [-0.05, 0) is 35.9 Å². The highest BCUT2D eigenvalue weighted by molar-refractivity contribution is 9.10. The van der Waals surface area contributed by atoms with Gasteiger partial charge in [0.05, 0.1) is 23.1 Å². The molecule has 3 aromatic rings. The quantitative estimate of drug-likeness (QED) is 0.479. The van der Waals surface area contributed by atoms with Gasteiger partial charge in [0.2, 0.25) is 5.78 Å². The molecule has 0 amide bonds. The van der Waals surface area contributed by atoms with Crippen LogP contribution in [0.15, 0.2) is 59.3 Å². The average Bonchev–Trinajstić information content (AvgIpc) is 3.42. The predicted molar refractivity (Wildman–Crippen MR) is 121 cm³/mol. The number of halogens is 1. The molecule has 0 N–H and O–H groups in total. The molecule has 0 bridgehead atoms. The molecule has 1 aromatic carbocycles. The number of benzene rings is 1. The van der Waals surface area contributed by atoms with Gasteiger partial charge in [-0.2, -0.15) is 0 Å². The van der Waals surface area contributed by atoms with Crippen LogP contribution in [0.4, 0.5) is 5.00 Å². The molecule has 30 heavy (non-hydrogen) atoms. The number of carbonyl (C=O) groups is 1. The number of ketones is 1. The number of rotatable bonds is 4. The van der Waals surface area contributed by atoms with Crippen LogP contribution in [0, 0.1) is 0 Å². The number of anilines is 1. The molecule has 0 aliphatic carbocycles. The summed E-state index contributed by atoms with van der Waals surface area (Å²) < 4.78 is 12.7. The molecule has 154 valence electrons. The second kappa shape index (κ2) is 8.23. The molecular weight excluding hydrogens is 464 g/mol. The topological polar surface area (TPSA) is 51.7 Å². The molecule has 2 aromatic heterocycles. The van der Waals surface area contributed by atoms with E-state index in [4.69, 9.17) is 9.47 Å². The van der Waals surface area contributed by atoms with E-state index in [9.17, 15) is 4.79 Å². The number of carbonyl (C=O) groups excluding carboxylic acids is 1. The maximum atomic E-state index is 13.2. The van der Waals surface area contributed by atoms with Crippen LogP contribution in [-0.4, -0.2) is 42.9 Å². The molecule has 2 aliphatic heterocycles. The highest BCUT2D eigenvalue weighted by atomic mass is 79.9. The molecule has 7 heteroatoms. The Kier molecular flexibility index (Phi) is 5.45. The summed E-state index contributed by atoms with van der Waals surface area (Å²) in [5.41, 5.74) is 2.83. The molecule has 2 fully saturated rings. The first-order valence-corrected chi connectivity index (χ1v) is 11.6. The average molecular weight is 485 g/mol. The lowest BCUT2D eigenvalue weighted by Gasteiger charge is -2.38. The summed E-state index contributed by atoms with van der Waals surface area (Å²) in [6, 6.07) is 13.6. The zero-order valence-electron chi connectivity index (χ0n) is 16.3. The Morgan fingerprint density at radius 1 is 1.07 bits per heavy atom. The van der Waals surface area contributed by atoms with Crippen molar-refractivity contribution in [3.63, 3.8) is 0 Å². The Balaban J connectivity index is 1.49. The van der Waals surface area contributed by atoms with Crippen LogP contribution in [0.1, 0.15) is 28.1 Å². The number of hydrogen-bond acceptors (Lipinski definition) is 6. The summed E-state index contributed by atoms with van der Waals surface area (Å²) in [4.78, 5) is 20.4. The van der Waals surface area contributed by atoms with E-state index in [1.165, 1.54) is 0 Å². The van der Waals surface area contributed by atoms with Crippen molar-refractivity contribution < 1.29 is 14.3 Å². The van der Waals surface area contributed by atoms with Crippen molar-refractivity contribution in [2.45, 2.75) is 18.6 Å². The van der Waals surface area contributed by atoms with Crippen molar-refractivity contribution in [2.75, 3.05) is 31.2 Å². The van der Waals surface area contributed by atoms with Gasteiger partial charge in [0, 0.05) is 53.9 Å². The van der Waals surface area contributed by atoms with Crippen molar-refractivity contribution >= 4 is 38.1 Å². The van der Waals surface area contributed by atoms with Gasteiger partial charge < -0.3 is 14.4 Å². The molecule has 0 atom stereocenters. The zero-order valence-corrected chi connectivity index (χ0v) is 18.7. The minimum Gasteiger partial charge on any atom is -0.363 e. The molecule has 5 rings (SSSR count). The zero-order chi connectivity index (χ0) is 20.6. The number of nitrogens with zero attached hydrogens (tertiary/aromatic N) is 2. The van der Waals surface area contributed by atoms with Crippen LogP contribution < -0.4 is 4.90 Å². The number of ether oxygens (including phenoxy) is 2. The normalized spacial score (nSPS) is 18.1. The number of piperidine rings is 1. The highest BCUT2D eigenvalue weighted by Crippen LogP contribution is 2.42. The minimum absolute atomic E-state index is 0.0406. The molecule has 2 aliphatic rings. The summed E-state index contributed by atoms with van der Waals surface area (Å²) in [5.74, 6) is -0.377. The third-order valence-corrected chi connectivity index (χ3v) is 7.33. The van der Waals surface area contributed by atoms with Crippen molar-refractivity contribution in [1.29, 1.82) is 0 Å². The van der Waals surface area contributed by atoms with Gasteiger partial charge in [-0.1, -0.05) is 28.1 Å². The fourth-order valence-corrected chi connectivity index (χ4v) is 5.67. The maximum Gasteiger partial charge on any atom is 0.203 e. The van der Waals surface area contributed by atoms with Gasteiger partial charge in [0.25, 0.3) is 0 Å². The molecule has 1 spiro atoms. The van der Waals surface area contributed by atoms with E-state index in [0.717, 1.165) is 51.4 Å². The molecule has 0 radical (unpaired) electrons. The number of hydrogen-bond donors (Lipinski definition) is 0. The third kappa shape index (κ3) is 3.83. The Labute approximate surface area is 187 Å². The first kappa shape index (κ1) is 19.9. The van der Waals surface area contributed by atoms with Crippen molar-refractivity contribution in [1.82, 2.24) is 4.98 Å². The fourth-order valence-electron chi connectivity index (χ4n) is 4.07. The Morgan fingerprint density at radius 3 is 2.50 bits per heavy atom. The molecule has 4 heterocycles. The molecule has 5 nitrogen and oxygen atoms in total. The number of thiophene rings is 1. The van der Waals surface area contributed by atoms with Crippen LogP contribution in [-0.2, 0) is 9.47 Å². The lowest BCUT2D eigenvalue weighted by Crippen LogP contribution is -2.45. The third-order valence-electron chi connectivity index (χ3n) is 5.64. The van der Waals surface area contributed by atoms with E-state index in [1.807, 2.05) is 42.5 Å². The van der Waals surface area contributed by atoms with Crippen LogP contribution >= 0.6 is 27.3 Å². The van der Waals surface area contributed by atoms with Crippen LogP contribution in [0.5, 0.6) is 0 Å². The summed E-state index contributed by atoms with van der Waals surface area (Å²) in [7, 11) is 0. The standard InChI is InChI=1S/C23H21BrN2O3S/c24-18-3-1-2-17(14-18)21(27)20-15-19(16-4-8-25-9-5-16)22(30-20)26-10-6-23(7-11-26)28-12-13-29-23/h1-5,8-9,14-15H,6-7,10-13H2. The van der Waals surface area contributed by atoms with Gasteiger partial charge in [0.1, 0.15) is 0 Å². The fraction of sp³-hybridized carbons (Fsp3) is 0.304. The SMILES string of the molecule is O=C(c1cccc(Br)c1)c1cc(-c2ccncc2)c(N2CCC3(CC2)OCCO3)s1. The second-order valence-electron chi connectivity index (χ2n) is 7.50. The predicted octanol–water partition coefficient (Wildman–Crippen LogP) is 5.15. The summed E-state index contributed by atoms with van der Waals surface area (Å²) in [6.45, 7) is 3.02. The minimum atomic E-state index is -0.417. The van der Waals surface area contributed by atoms with E-state index >= 15 is 0 Å². The van der Waals surface area contributed by atoms with Gasteiger partial charge in [-0.3, -0.25) is 9.78 Å². The molecule has 0 unspecified atom stereocenters. The van der Waals surface area contributed by atoms with E-state index in [1.54, 1.807) is 23.7 Å². The van der Waals surface area contributed by atoms with Crippen LogP contribution in [0.25, 0.3) is 11.1 Å². The Bertz CT molecular complexity index is 1050. The van der Waals surface area contributed by atoms with Gasteiger partial charge >= 0.3 is 0 Å². The van der Waals surface area contributed by atoms with Crippen molar-refractivity contribution in [2.24, 2.45) is 0 Å². The van der Waals surface area contributed by atoms with E-state index < -0.39 is 5.79 Å². The van der Waals surface area contributed by atoms with E-state index in [-0.39, 0.29) is 5.78 Å². The lowest BCUT2D eigenvalue weighted by atomic mass is 10.0. The van der Waals surface area contributed by atoms with Gasteiger partial charge in [0.15, 0.2) is 5.79 Å². The molecular formula is C23H21BrN2O3S. The highest BCUT2D eigenvalue weighted by Gasteiger charge is 2.40. The summed E-state index contributed by atoms with van der Waals surface area (Å²) in [6.07, 6.45) is 5.24. The van der Waals surface area contributed by atoms with Crippen LogP contribution in [0.3, 0.4) is 0 Å². The first-order valence-electron chi connectivity index (χ1n) is 10.0. The lowest BCUT2D eigenvalue weighted by molar-refractivity contribution is -0.169. The first-order chi connectivity index (χ1) is 14.6. The largest absolute Gasteiger partial charge is 0.363 e. The van der Waals surface area contributed by atoms with Crippen molar-refractivity contribution in [3.8, 4) is 11.1 Å². The summed E-state index contributed by atoms with van der Waals surface area (Å²) >= 11 is 5.02. The van der Waals surface area contributed by atoms with Crippen molar-refractivity contribution in [3.05, 3.63) is 69.8 Å². The number of pyridine rings is 1. The summed E-state index contributed by atoms with van der Waals surface area (Å²) in [5, 5.41) is 1.12. The molecule has 2 saturated heterocycles. The maximum absolute atomic E-state index is 13.2. The van der Waals surface area contributed by atoms with Gasteiger partial charge in [-0.25, -0.2) is 0 Å². The second-order valence-corrected chi connectivity index (χ2v) is 9.45. The smallest absolute Gasteiger partial charge is 0.203 e. The monoisotopic (exact) mass is 484 g/mol. The van der Waals surface area contributed by atoms with E-state index in [2.05, 4.69) is 25.8 Å². The van der Waals surface area contributed by atoms with E-state index in [0.29, 0.717) is 18.8 Å². The number of aromatic nitrogens is 1. The van der Waals surface area contributed by atoms with Crippen LogP contribution in [0.2, 0.25) is 0 Å². The Hall–Kier alpha value is -2.06. The molecule has 0 saturated carbocycles. The van der Waals surface area contributed by atoms with Gasteiger partial charge in [-0.15, -0.1) is 11.3 Å².